The number of benzene rings is 1. The molecule has 1 aliphatic rings. The number of carbonyl (C=O) groups excluding carboxylic acids is 1. The third-order valence-corrected chi connectivity index (χ3v) is 4.65. The summed E-state index contributed by atoms with van der Waals surface area (Å²) in [6, 6.07) is 12.6. The summed E-state index contributed by atoms with van der Waals surface area (Å²) < 4.78 is 0. The fourth-order valence-corrected chi connectivity index (χ4v) is 3.18. The number of aromatic nitrogens is 2. The second-order valence-corrected chi connectivity index (χ2v) is 6.56. The van der Waals surface area contributed by atoms with Crippen LogP contribution in [-0.2, 0) is 11.2 Å². The van der Waals surface area contributed by atoms with Gasteiger partial charge in [-0.1, -0.05) is 30.3 Å². The number of amides is 1. The number of carbonyl (C=O) groups is 1. The van der Waals surface area contributed by atoms with Gasteiger partial charge in [0.2, 0.25) is 5.91 Å². The van der Waals surface area contributed by atoms with Crippen LogP contribution in [0.5, 0.6) is 0 Å². The van der Waals surface area contributed by atoms with Crippen molar-refractivity contribution in [2.24, 2.45) is 0 Å². The zero-order chi connectivity index (χ0) is 16.8. The Bertz CT molecular complexity index is 652. The first-order chi connectivity index (χ1) is 11.7. The Hall–Kier alpha value is -1.85. The lowest BCUT2D eigenvalue weighted by atomic mass is 10.1. The molecule has 2 heterocycles. The summed E-state index contributed by atoms with van der Waals surface area (Å²) in [5.41, 5.74) is 3.21. The van der Waals surface area contributed by atoms with Gasteiger partial charge in [0.05, 0.1) is 5.69 Å². The molecule has 0 spiro atoms. The molecule has 1 saturated heterocycles. The van der Waals surface area contributed by atoms with E-state index in [0.717, 1.165) is 49.3 Å². The molecule has 1 aromatic heterocycles. The van der Waals surface area contributed by atoms with Gasteiger partial charge >= 0.3 is 0 Å². The standard InChI is InChI=1S/C19H26N4O.ClH/c1-23(19(24)14-16-9-5-11-20-16)12-6-10-17-13-18(22-21-17)15-7-3-2-4-8-15;/h2-4,7-8,13,16,20H,5-6,9-12,14H2,1H3,(H,21,22);1H. The first-order valence-corrected chi connectivity index (χ1v) is 8.79. The van der Waals surface area contributed by atoms with Crippen molar-refractivity contribution in [1.29, 1.82) is 0 Å². The molecule has 25 heavy (non-hydrogen) atoms. The number of aryl methyl sites for hydroxylation is 1. The van der Waals surface area contributed by atoms with Crippen molar-refractivity contribution < 1.29 is 4.79 Å². The van der Waals surface area contributed by atoms with Gasteiger partial charge in [0.15, 0.2) is 0 Å². The molecule has 1 amide bonds. The van der Waals surface area contributed by atoms with Gasteiger partial charge in [-0.05, 0) is 38.3 Å². The Labute approximate surface area is 155 Å². The zero-order valence-corrected chi connectivity index (χ0v) is 15.5. The third kappa shape index (κ3) is 5.58. The van der Waals surface area contributed by atoms with Crippen molar-refractivity contribution in [3.8, 4) is 11.3 Å². The molecular formula is C19H27ClN4O. The molecule has 1 aromatic carbocycles. The minimum atomic E-state index is 0. The van der Waals surface area contributed by atoms with Crippen LogP contribution in [0.3, 0.4) is 0 Å². The van der Waals surface area contributed by atoms with Crippen molar-refractivity contribution in [3.63, 3.8) is 0 Å². The highest BCUT2D eigenvalue weighted by Gasteiger charge is 2.19. The highest BCUT2D eigenvalue weighted by molar-refractivity contribution is 5.85. The fraction of sp³-hybridized carbons (Fsp3) is 0.474. The lowest BCUT2D eigenvalue weighted by Crippen LogP contribution is -2.34. The second-order valence-electron chi connectivity index (χ2n) is 6.56. The summed E-state index contributed by atoms with van der Waals surface area (Å²) in [5, 5.41) is 10.9. The van der Waals surface area contributed by atoms with E-state index in [2.05, 4.69) is 33.7 Å². The zero-order valence-electron chi connectivity index (χ0n) is 14.7. The minimum absolute atomic E-state index is 0. The predicted molar refractivity (Wildman–Crippen MR) is 103 cm³/mol. The van der Waals surface area contributed by atoms with E-state index >= 15 is 0 Å². The minimum Gasteiger partial charge on any atom is -0.346 e. The van der Waals surface area contributed by atoms with Gasteiger partial charge < -0.3 is 10.2 Å². The molecule has 3 rings (SSSR count). The molecule has 2 N–H and O–H groups in total. The van der Waals surface area contributed by atoms with E-state index in [1.165, 1.54) is 6.42 Å². The lowest BCUT2D eigenvalue weighted by Gasteiger charge is -2.19. The number of halogens is 1. The van der Waals surface area contributed by atoms with Gasteiger partial charge in [0, 0.05) is 37.3 Å². The van der Waals surface area contributed by atoms with E-state index in [9.17, 15) is 4.79 Å². The van der Waals surface area contributed by atoms with Crippen molar-refractivity contribution in [2.45, 2.75) is 38.1 Å². The van der Waals surface area contributed by atoms with Crippen LogP contribution in [0.1, 0.15) is 31.4 Å². The van der Waals surface area contributed by atoms with E-state index in [1.54, 1.807) is 0 Å². The van der Waals surface area contributed by atoms with Crippen LogP contribution in [0.2, 0.25) is 0 Å². The van der Waals surface area contributed by atoms with Crippen LogP contribution in [0.25, 0.3) is 11.3 Å². The van der Waals surface area contributed by atoms with Crippen LogP contribution in [0.15, 0.2) is 36.4 Å². The summed E-state index contributed by atoms with van der Waals surface area (Å²) in [6.07, 6.45) is 4.77. The molecule has 1 fully saturated rings. The highest BCUT2D eigenvalue weighted by atomic mass is 35.5. The van der Waals surface area contributed by atoms with Crippen LogP contribution in [0, 0.1) is 0 Å². The molecule has 6 heteroatoms. The van der Waals surface area contributed by atoms with Crippen molar-refractivity contribution in [3.05, 3.63) is 42.1 Å². The van der Waals surface area contributed by atoms with Crippen molar-refractivity contribution in [1.82, 2.24) is 20.4 Å². The Morgan fingerprint density at radius 3 is 2.84 bits per heavy atom. The predicted octanol–water partition coefficient (Wildman–Crippen LogP) is 3.03. The maximum absolute atomic E-state index is 12.2. The Kier molecular flexibility index (Phi) is 7.47. The first kappa shape index (κ1) is 19.5. The van der Waals surface area contributed by atoms with Gasteiger partial charge in [0.25, 0.3) is 0 Å². The molecule has 1 atom stereocenters. The molecule has 0 bridgehead atoms. The van der Waals surface area contributed by atoms with Crippen LogP contribution in [0.4, 0.5) is 0 Å². The van der Waals surface area contributed by atoms with Gasteiger partial charge in [0.1, 0.15) is 0 Å². The topological polar surface area (TPSA) is 61.0 Å². The molecule has 0 radical (unpaired) electrons. The van der Waals surface area contributed by atoms with E-state index in [-0.39, 0.29) is 18.3 Å². The highest BCUT2D eigenvalue weighted by Crippen LogP contribution is 2.17. The number of nitrogens with zero attached hydrogens (tertiary/aromatic N) is 2. The van der Waals surface area contributed by atoms with E-state index in [0.29, 0.717) is 12.5 Å². The maximum Gasteiger partial charge on any atom is 0.223 e. The number of aromatic amines is 1. The van der Waals surface area contributed by atoms with Crippen molar-refractivity contribution >= 4 is 18.3 Å². The van der Waals surface area contributed by atoms with Gasteiger partial charge in [-0.15, -0.1) is 12.4 Å². The average molecular weight is 363 g/mol. The number of H-pyrrole nitrogens is 1. The number of rotatable bonds is 7. The summed E-state index contributed by atoms with van der Waals surface area (Å²) in [5.74, 6) is 0.240. The molecule has 5 nitrogen and oxygen atoms in total. The van der Waals surface area contributed by atoms with E-state index < -0.39 is 0 Å². The Morgan fingerprint density at radius 1 is 1.32 bits per heavy atom. The molecule has 0 aliphatic carbocycles. The Balaban J connectivity index is 0.00000225. The van der Waals surface area contributed by atoms with Gasteiger partial charge in [-0.2, -0.15) is 5.10 Å². The van der Waals surface area contributed by atoms with Gasteiger partial charge in [-0.25, -0.2) is 0 Å². The molecule has 0 saturated carbocycles. The van der Waals surface area contributed by atoms with E-state index in [1.807, 2.05) is 30.1 Å². The molecule has 1 aliphatic heterocycles. The number of hydrogen-bond donors (Lipinski definition) is 2. The van der Waals surface area contributed by atoms with Crippen LogP contribution in [-0.4, -0.2) is 47.2 Å². The van der Waals surface area contributed by atoms with Crippen molar-refractivity contribution in [2.75, 3.05) is 20.1 Å². The lowest BCUT2D eigenvalue weighted by molar-refractivity contribution is -0.130. The largest absolute Gasteiger partial charge is 0.346 e. The maximum atomic E-state index is 12.2. The SMILES string of the molecule is CN(CCCc1cc(-c2ccccc2)n[nH]1)C(=O)CC1CCCN1.Cl. The molecule has 2 aromatic rings. The van der Waals surface area contributed by atoms with Crippen LogP contribution < -0.4 is 5.32 Å². The van der Waals surface area contributed by atoms with E-state index in [4.69, 9.17) is 0 Å². The fourth-order valence-electron chi connectivity index (χ4n) is 3.18. The monoisotopic (exact) mass is 362 g/mol. The molecule has 136 valence electrons. The summed E-state index contributed by atoms with van der Waals surface area (Å²) >= 11 is 0. The molecular weight excluding hydrogens is 336 g/mol. The molecule has 1 unspecified atom stereocenters. The summed E-state index contributed by atoms with van der Waals surface area (Å²) in [7, 11) is 1.90. The number of nitrogens with one attached hydrogen (secondary N) is 2. The smallest absolute Gasteiger partial charge is 0.223 e. The number of hydrogen-bond acceptors (Lipinski definition) is 3. The Morgan fingerprint density at radius 2 is 2.12 bits per heavy atom. The average Bonchev–Trinajstić information content (AvgIpc) is 3.27. The third-order valence-electron chi connectivity index (χ3n) is 4.65. The summed E-state index contributed by atoms with van der Waals surface area (Å²) in [6.45, 7) is 1.83. The second kappa shape index (κ2) is 9.59. The first-order valence-electron chi connectivity index (χ1n) is 8.79. The quantitative estimate of drug-likeness (QED) is 0.795. The normalized spacial score (nSPS) is 16.4. The summed E-state index contributed by atoms with van der Waals surface area (Å²) in [4.78, 5) is 14.1. The van der Waals surface area contributed by atoms with Gasteiger partial charge in [-0.3, -0.25) is 9.89 Å². The van der Waals surface area contributed by atoms with Crippen LogP contribution >= 0.6 is 12.4 Å².